The van der Waals surface area contributed by atoms with Gasteiger partial charge in [-0.1, -0.05) is 313 Å². The lowest BCUT2D eigenvalue weighted by molar-refractivity contribution is -0.167. The molecular formula is C74H136O6. The number of carbonyl (C=O) groups excluding carboxylic acids is 3. The Kier molecular flexibility index (Phi) is 66.6. The molecule has 0 fully saturated rings. The molecule has 0 aliphatic carbocycles. The highest BCUT2D eigenvalue weighted by atomic mass is 16.6. The van der Waals surface area contributed by atoms with Gasteiger partial charge in [0.05, 0.1) is 0 Å². The summed E-state index contributed by atoms with van der Waals surface area (Å²) in [7, 11) is 0. The zero-order valence-corrected chi connectivity index (χ0v) is 53.9. The van der Waals surface area contributed by atoms with Gasteiger partial charge in [0.2, 0.25) is 0 Å². The average molecular weight is 1120 g/mol. The molecule has 0 saturated heterocycles. The van der Waals surface area contributed by atoms with Crippen LogP contribution < -0.4 is 0 Å². The Morgan fingerprint density at radius 1 is 0.250 bits per heavy atom. The molecule has 0 aliphatic rings. The van der Waals surface area contributed by atoms with Crippen molar-refractivity contribution in [2.24, 2.45) is 0 Å². The second-order valence-corrected chi connectivity index (χ2v) is 24.1. The van der Waals surface area contributed by atoms with Crippen molar-refractivity contribution in [1.82, 2.24) is 0 Å². The molecule has 0 aromatic rings. The Morgan fingerprint density at radius 3 is 0.725 bits per heavy atom. The zero-order chi connectivity index (χ0) is 57.8. The lowest BCUT2D eigenvalue weighted by Gasteiger charge is -2.18. The first-order chi connectivity index (χ1) is 39.5. The maximum Gasteiger partial charge on any atom is 0.306 e. The van der Waals surface area contributed by atoms with Crippen LogP contribution in [0.15, 0.2) is 48.6 Å². The van der Waals surface area contributed by atoms with Crippen molar-refractivity contribution < 1.29 is 28.6 Å². The van der Waals surface area contributed by atoms with Crippen LogP contribution in [0.2, 0.25) is 0 Å². The van der Waals surface area contributed by atoms with Gasteiger partial charge in [0, 0.05) is 19.3 Å². The van der Waals surface area contributed by atoms with Gasteiger partial charge in [0.15, 0.2) is 6.10 Å². The SMILES string of the molecule is CCCCC/C=C\CCCCCCCC(=O)OCC(COC(=O)CCCCCCCCCCCCCCCCCCCCC/C=C\C/C=C\CCCCCCC)OC(=O)CCCCCCCCCCC/C=C\CCCCCCCC. The third-order valence-electron chi connectivity index (χ3n) is 16.0. The Bertz CT molecular complexity index is 1380. The van der Waals surface area contributed by atoms with Crippen molar-refractivity contribution in [3.63, 3.8) is 0 Å². The molecule has 1 atom stereocenters. The molecule has 0 aliphatic heterocycles. The molecule has 6 heteroatoms. The van der Waals surface area contributed by atoms with Crippen LogP contribution in [0.4, 0.5) is 0 Å². The van der Waals surface area contributed by atoms with E-state index in [0.29, 0.717) is 19.3 Å². The van der Waals surface area contributed by atoms with E-state index in [1.54, 1.807) is 0 Å². The fourth-order valence-electron chi connectivity index (χ4n) is 10.6. The van der Waals surface area contributed by atoms with Gasteiger partial charge in [-0.3, -0.25) is 14.4 Å². The zero-order valence-electron chi connectivity index (χ0n) is 53.9. The number of allylic oxidation sites excluding steroid dienone is 8. The van der Waals surface area contributed by atoms with Crippen molar-refractivity contribution >= 4 is 17.9 Å². The summed E-state index contributed by atoms with van der Waals surface area (Å²) in [4.78, 5) is 38.4. The third-order valence-corrected chi connectivity index (χ3v) is 16.0. The van der Waals surface area contributed by atoms with E-state index in [-0.39, 0.29) is 31.1 Å². The molecule has 0 saturated carbocycles. The molecule has 0 aromatic carbocycles. The van der Waals surface area contributed by atoms with Gasteiger partial charge >= 0.3 is 17.9 Å². The van der Waals surface area contributed by atoms with Crippen molar-refractivity contribution in [3.05, 3.63) is 48.6 Å². The molecule has 0 aromatic heterocycles. The summed E-state index contributed by atoms with van der Waals surface area (Å²) < 4.78 is 17.0. The standard InChI is InChI=1S/C74H136O6/c1-4-7-10-13-16-19-22-25-27-29-31-32-33-34-35-36-37-38-39-40-41-42-44-45-47-49-52-55-58-61-64-67-73(76)79-70-71(69-78-72(75)66-63-60-57-54-51-24-21-18-15-12-9-6-3)80-74(77)68-65-62-59-56-53-50-48-46-43-30-28-26-23-20-17-14-11-8-5-2/h18,21-22,25-26,28-29,31,71H,4-17,19-20,23-24,27,30,32-70H2,1-3H3/b21-18-,25-22-,28-26-,31-29-. The van der Waals surface area contributed by atoms with Crippen LogP contribution in [0.3, 0.4) is 0 Å². The fraction of sp³-hybridized carbons (Fsp3) is 0.851. The average Bonchev–Trinajstić information content (AvgIpc) is 3.46. The van der Waals surface area contributed by atoms with E-state index in [9.17, 15) is 14.4 Å². The lowest BCUT2D eigenvalue weighted by atomic mass is 10.0. The molecular weight excluding hydrogens is 985 g/mol. The predicted octanol–water partition coefficient (Wildman–Crippen LogP) is 24.5. The van der Waals surface area contributed by atoms with Gasteiger partial charge in [-0.15, -0.1) is 0 Å². The third kappa shape index (κ3) is 66.2. The number of hydrogen-bond donors (Lipinski definition) is 0. The number of unbranched alkanes of at least 4 members (excludes halogenated alkanes) is 47. The number of ether oxygens (including phenoxy) is 3. The van der Waals surface area contributed by atoms with Gasteiger partial charge in [0.25, 0.3) is 0 Å². The molecule has 1 unspecified atom stereocenters. The highest BCUT2D eigenvalue weighted by molar-refractivity contribution is 5.71. The minimum atomic E-state index is -0.776. The van der Waals surface area contributed by atoms with Gasteiger partial charge in [-0.25, -0.2) is 0 Å². The summed E-state index contributed by atoms with van der Waals surface area (Å²) in [5.74, 6) is -0.860. The molecule has 0 bridgehead atoms. The van der Waals surface area contributed by atoms with Gasteiger partial charge in [-0.2, -0.15) is 0 Å². The molecule has 0 N–H and O–H groups in total. The Hall–Kier alpha value is -2.63. The van der Waals surface area contributed by atoms with Gasteiger partial charge < -0.3 is 14.2 Å². The van der Waals surface area contributed by atoms with E-state index in [0.717, 1.165) is 70.6 Å². The minimum absolute atomic E-state index is 0.0722. The Labute approximate surface area is 498 Å². The van der Waals surface area contributed by atoms with Gasteiger partial charge in [0.1, 0.15) is 13.2 Å². The van der Waals surface area contributed by atoms with Crippen LogP contribution in [0, 0.1) is 0 Å². The summed E-state index contributed by atoms with van der Waals surface area (Å²) >= 11 is 0. The molecule has 0 amide bonds. The highest BCUT2D eigenvalue weighted by Gasteiger charge is 2.19. The molecule has 0 rings (SSSR count). The molecule has 0 spiro atoms. The Balaban J connectivity index is 4.15. The summed E-state index contributed by atoms with van der Waals surface area (Å²) in [5, 5.41) is 0. The molecule has 80 heavy (non-hydrogen) atoms. The smallest absolute Gasteiger partial charge is 0.306 e. The highest BCUT2D eigenvalue weighted by Crippen LogP contribution is 2.18. The Morgan fingerprint density at radius 2 is 0.450 bits per heavy atom. The maximum atomic E-state index is 12.9. The lowest BCUT2D eigenvalue weighted by Crippen LogP contribution is -2.30. The topological polar surface area (TPSA) is 78.9 Å². The fourth-order valence-corrected chi connectivity index (χ4v) is 10.6. The summed E-state index contributed by atoms with van der Waals surface area (Å²) in [6.45, 7) is 6.65. The summed E-state index contributed by atoms with van der Waals surface area (Å²) in [6.07, 6.45) is 87.2. The van der Waals surface area contributed by atoms with E-state index in [4.69, 9.17) is 14.2 Å². The largest absolute Gasteiger partial charge is 0.462 e. The first-order valence-corrected chi connectivity index (χ1v) is 35.6. The monoisotopic (exact) mass is 1120 g/mol. The second-order valence-electron chi connectivity index (χ2n) is 24.1. The van der Waals surface area contributed by atoms with Crippen LogP contribution in [0.25, 0.3) is 0 Å². The van der Waals surface area contributed by atoms with Crippen LogP contribution in [-0.4, -0.2) is 37.2 Å². The van der Waals surface area contributed by atoms with Crippen LogP contribution in [0.5, 0.6) is 0 Å². The summed E-state index contributed by atoms with van der Waals surface area (Å²) in [6, 6.07) is 0. The molecule has 6 nitrogen and oxygen atoms in total. The quantitative estimate of drug-likeness (QED) is 0.0261. The van der Waals surface area contributed by atoms with E-state index in [1.807, 2.05) is 0 Å². The minimum Gasteiger partial charge on any atom is -0.462 e. The van der Waals surface area contributed by atoms with Crippen LogP contribution in [-0.2, 0) is 28.6 Å². The van der Waals surface area contributed by atoms with Crippen molar-refractivity contribution in [2.45, 2.75) is 393 Å². The van der Waals surface area contributed by atoms with Gasteiger partial charge in [-0.05, 0) is 103 Å². The first-order valence-electron chi connectivity index (χ1n) is 35.6. The van der Waals surface area contributed by atoms with E-state index >= 15 is 0 Å². The number of hydrogen-bond acceptors (Lipinski definition) is 6. The van der Waals surface area contributed by atoms with E-state index < -0.39 is 6.10 Å². The normalized spacial score (nSPS) is 12.3. The first kappa shape index (κ1) is 77.4. The molecule has 0 heterocycles. The van der Waals surface area contributed by atoms with Crippen molar-refractivity contribution in [1.29, 1.82) is 0 Å². The van der Waals surface area contributed by atoms with Crippen LogP contribution in [0.1, 0.15) is 387 Å². The second kappa shape index (κ2) is 68.9. The number of carbonyl (C=O) groups is 3. The van der Waals surface area contributed by atoms with E-state index in [1.165, 1.54) is 276 Å². The summed E-state index contributed by atoms with van der Waals surface area (Å²) in [5.41, 5.74) is 0. The van der Waals surface area contributed by atoms with Crippen molar-refractivity contribution in [2.75, 3.05) is 13.2 Å². The number of esters is 3. The molecule has 468 valence electrons. The van der Waals surface area contributed by atoms with Crippen LogP contribution >= 0.6 is 0 Å². The van der Waals surface area contributed by atoms with Crippen molar-refractivity contribution in [3.8, 4) is 0 Å². The molecule has 0 radical (unpaired) electrons. The predicted molar refractivity (Wildman–Crippen MR) is 349 cm³/mol. The maximum absolute atomic E-state index is 12.9. The number of rotatable bonds is 66. The van der Waals surface area contributed by atoms with E-state index in [2.05, 4.69) is 69.4 Å².